The van der Waals surface area contributed by atoms with Gasteiger partial charge in [-0.2, -0.15) is 25.5 Å². The average molecular weight is 1200 g/mol. The van der Waals surface area contributed by atoms with Crippen LogP contribution >= 0.6 is 23.5 Å². The molecular formula is C39H46N10O24P3S2+. The molecular weight excluding hydrogens is 1150 g/mol. The van der Waals surface area contributed by atoms with E-state index in [1.165, 1.54) is 66.3 Å². The monoisotopic (exact) mass is 1200 g/mol. The Balaban J connectivity index is 0.995. The SMILES string of the molecule is CN(CCCC(=O)NCCNC(=O)O[C@@H]1[C@H](O)[C@@H](COP(=O)(O)OP(=O)(O)OP(=O)(O)O)O[C@H]1[n+]1cn(C)c2c(=O)[nH]c(N)nc21)C(=O)c1ccccc1-c1c2ccc(=N)c(S(=O)(=O)O)c-2oc2c(S(=O)(=O)O)c(N)ccc12. The summed E-state index contributed by atoms with van der Waals surface area (Å²) in [5.41, 5.74) is 9.44. The molecule has 2 aromatic heterocycles. The number of amides is 3. The fourth-order valence-electron chi connectivity index (χ4n) is 8.22. The molecule has 39 heteroatoms. The van der Waals surface area contributed by atoms with Gasteiger partial charge in [0.15, 0.2) is 33.6 Å². The number of aryl methyl sites for hydroxylation is 1. The summed E-state index contributed by atoms with van der Waals surface area (Å²) in [6.45, 7) is -1.76. The molecule has 422 valence electrons. The van der Waals surface area contributed by atoms with Gasteiger partial charge >= 0.3 is 35.2 Å². The van der Waals surface area contributed by atoms with Crippen LogP contribution in [0, 0.1) is 5.41 Å². The molecule has 3 aliphatic rings. The number of H-pyrrole nitrogens is 1. The van der Waals surface area contributed by atoms with Crippen molar-refractivity contribution in [1.29, 1.82) is 5.41 Å². The van der Waals surface area contributed by atoms with Crippen molar-refractivity contribution < 1.29 is 110 Å². The van der Waals surface area contributed by atoms with E-state index < -0.39 is 130 Å². The Kier molecular flexibility index (Phi) is 16.9. The molecule has 0 bridgehead atoms. The van der Waals surface area contributed by atoms with Crippen molar-refractivity contribution in [2.45, 2.75) is 47.2 Å². The molecule has 4 aromatic rings. The Morgan fingerprint density at radius 2 is 1.60 bits per heavy atom. The summed E-state index contributed by atoms with van der Waals surface area (Å²) >= 11 is 0. The quantitative estimate of drug-likeness (QED) is 0.0115. The second kappa shape index (κ2) is 22.3. The molecule has 0 spiro atoms. The number of aromatic nitrogens is 4. The number of alkyl carbamates (subject to hydrolysis) is 1. The van der Waals surface area contributed by atoms with E-state index in [0.29, 0.717) is 0 Å². The molecule has 0 radical (unpaired) electrons. The third-order valence-electron chi connectivity index (χ3n) is 11.3. The van der Waals surface area contributed by atoms with E-state index in [9.17, 15) is 73.7 Å². The highest BCUT2D eigenvalue weighted by atomic mass is 32.2. The molecule has 15 N–H and O–H groups in total. The minimum atomic E-state index is -5.94. The number of carbonyl (C=O) groups is 3. The molecule has 2 aromatic carbocycles. The highest BCUT2D eigenvalue weighted by molar-refractivity contribution is 7.86. The summed E-state index contributed by atoms with van der Waals surface area (Å²) in [4.78, 5) is 95.6. The maximum Gasteiger partial charge on any atom is 0.490 e. The van der Waals surface area contributed by atoms with E-state index >= 15 is 0 Å². The summed E-state index contributed by atoms with van der Waals surface area (Å²) in [6.07, 6.45) is -7.30. The number of aromatic amines is 1. The number of aliphatic hydroxyl groups is 1. The maximum absolute atomic E-state index is 14.1. The number of nitrogens with one attached hydrogen (secondary N) is 4. The molecule has 1 aliphatic carbocycles. The van der Waals surface area contributed by atoms with Crippen LogP contribution in [0.2, 0.25) is 0 Å². The first-order valence-electron chi connectivity index (χ1n) is 21.9. The van der Waals surface area contributed by atoms with Gasteiger partial charge in [-0.3, -0.25) is 43.0 Å². The van der Waals surface area contributed by atoms with Crippen LogP contribution in [0.15, 0.2) is 73.9 Å². The van der Waals surface area contributed by atoms with Gasteiger partial charge in [0.2, 0.25) is 17.7 Å². The van der Waals surface area contributed by atoms with Crippen molar-refractivity contribution >= 4 is 95.4 Å². The van der Waals surface area contributed by atoms with Gasteiger partial charge in [-0.25, -0.2) is 23.1 Å². The Bertz CT molecular complexity index is 3870. The van der Waals surface area contributed by atoms with Gasteiger partial charge in [0, 0.05) is 55.2 Å². The zero-order chi connectivity index (χ0) is 57.6. The highest BCUT2D eigenvalue weighted by Gasteiger charge is 2.52. The number of nitrogens with zero attached hydrogens (tertiary/aromatic N) is 4. The number of phosphoric acid groups is 3. The fourth-order valence-corrected chi connectivity index (χ4v) is 12.7. The molecule has 34 nitrogen and oxygen atoms in total. The zero-order valence-corrected chi connectivity index (χ0v) is 44.2. The molecule has 7 rings (SSSR count). The normalized spacial score (nSPS) is 18.6. The number of imidazole rings is 1. The standard InChI is InChI=1S/C39H45N10O24P3S2/c1-47(36(53)19-7-4-3-6-18(19)26-20-9-11-22(40)32(77(62,63)64)29(20)70-30-21(26)10-12-23(41)33(30)78(65,66)67)15-5-8-25(50)43-13-14-44-39(54)71-31-28(51)24(16-68-75(58,59)73-76(60,61)72-74(55,56)57)69-37(31)49-17-48(2)27-34(49)45-38(42)46-35(27)52/h3-4,6-7,9-12,17,24,28,31,37,51H,5,8,13-16H2,1-2H3,(H13-,40,41,42,43,44,45,46,50,52,54,55,56,57,58,59,60,61,62,63,64,65,66,67)/p+1/t24-,28-,31-,37-/m1/s1. The number of anilines is 2. The van der Waals surface area contributed by atoms with Crippen LogP contribution in [0.3, 0.4) is 0 Å². The molecule has 1 fully saturated rings. The molecule has 1 saturated heterocycles. The van der Waals surface area contributed by atoms with Gasteiger partial charge in [-0.15, -0.1) is 0 Å². The molecule has 78 heavy (non-hydrogen) atoms. The molecule has 6 atom stereocenters. The Hall–Kier alpha value is -6.56. The van der Waals surface area contributed by atoms with E-state index in [2.05, 4.69) is 33.7 Å². The fraction of sp³-hybridized carbons (Fsp3) is 0.308. The maximum atomic E-state index is 14.1. The van der Waals surface area contributed by atoms with E-state index in [4.69, 9.17) is 40.6 Å². The first-order chi connectivity index (χ1) is 36.2. The van der Waals surface area contributed by atoms with Crippen LogP contribution in [0.4, 0.5) is 16.4 Å². The van der Waals surface area contributed by atoms with Crippen LogP contribution in [0.1, 0.15) is 29.4 Å². The third kappa shape index (κ3) is 13.1. The van der Waals surface area contributed by atoms with Gasteiger partial charge in [-0.1, -0.05) is 23.2 Å². The van der Waals surface area contributed by atoms with E-state index in [0.717, 1.165) is 16.7 Å². The van der Waals surface area contributed by atoms with Crippen LogP contribution in [0.25, 0.3) is 44.6 Å². The number of hydrogen-bond donors (Lipinski definition) is 13. The predicted octanol–water partition coefficient (Wildman–Crippen LogP) is -0.431. The summed E-state index contributed by atoms with van der Waals surface area (Å²) < 4.78 is 137. The highest BCUT2D eigenvalue weighted by Crippen LogP contribution is 2.66. The van der Waals surface area contributed by atoms with E-state index in [-0.39, 0.29) is 77.2 Å². The predicted molar refractivity (Wildman–Crippen MR) is 261 cm³/mol. The number of carbonyl (C=O) groups excluding carboxylic acids is 3. The van der Waals surface area contributed by atoms with Crippen molar-refractivity contribution in [3.05, 3.63) is 76.1 Å². The first-order valence-corrected chi connectivity index (χ1v) is 29.3. The first kappa shape index (κ1) is 59.1. The van der Waals surface area contributed by atoms with Gasteiger partial charge < -0.3 is 65.6 Å². The van der Waals surface area contributed by atoms with Crippen LogP contribution in [-0.4, -0.2) is 140 Å². The Labute approximate surface area is 437 Å². The zero-order valence-electron chi connectivity index (χ0n) is 39.9. The van der Waals surface area contributed by atoms with Gasteiger partial charge in [0.05, 0.1) is 24.7 Å². The number of aliphatic hydroxyl groups excluding tert-OH is 1. The molecule has 2 unspecified atom stereocenters. The van der Waals surface area contributed by atoms with Gasteiger partial charge in [0.1, 0.15) is 12.2 Å². The number of hydrogen-bond acceptors (Lipinski definition) is 22. The lowest BCUT2D eigenvalue weighted by molar-refractivity contribution is -0.745. The van der Waals surface area contributed by atoms with E-state index in [1.807, 2.05) is 0 Å². The largest absolute Gasteiger partial charge is 0.490 e. The van der Waals surface area contributed by atoms with Crippen molar-refractivity contribution in [2.75, 3.05) is 44.8 Å². The van der Waals surface area contributed by atoms with Crippen molar-refractivity contribution in [3.63, 3.8) is 0 Å². The summed E-state index contributed by atoms with van der Waals surface area (Å²) in [5, 5.41) is 23.5. The minimum absolute atomic E-state index is 0.0101. The van der Waals surface area contributed by atoms with Crippen LogP contribution in [0.5, 0.6) is 0 Å². The minimum Gasteiger partial charge on any atom is -0.453 e. The lowest BCUT2D eigenvalue weighted by Gasteiger charge is -2.22. The topological polar surface area (TPSA) is 529 Å². The summed E-state index contributed by atoms with van der Waals surface area (Å²) in [7, 11) is -25.0. The smallest absolute Gasteiger partial charge is 0.453 e. The number of rotatable bonds is 20. The lowest BCUT2D eigenvalue weighted by atomic mass is 9.90. The molecule has 0 saturated carbocycles. The molecule has 4 heterocycles. The Morgan fingerprint density at radius 1 is 0.936 bits per heavy atom. The lowest BCUT2D eigenvalue weighted by Crippen LogP contribution is -2.49. The molecule has 2 aliphatic heterocycles. The number of fused-ring (bicyclic) bond motifs is 3. The number of benzene rings is 3. The second-order valence-corrected chi connectivity index (χ2v) is 24.0. The number of nitrogen functional groups attached to an aromatic ring is 2. The molecule has 3 amide bonds. The third-order valence-corrected chi connectivity index (χ3v) is 17.0. The average Bonchev–Trinajstić information content (AvgIpc) is 3.96. The summed E-state index contributed by atoms with van der Waals surface area (Å²) in [5.74, 6) is -2.27. The van der Waals surface area contributed by atoms with E-state index in [1.54, 1.807) is 0 Å². The Morgan fingerprint density at radius 3 is 2.27 bits per heavy atom. The van der Waals surface area contributed by atoms with Crippen LogP contribution < -0.4 is 37.6 Å². The summed E-state index contributed by atoms with van der Waals surface area (Å²) in [6, 6.07) is 10.6. The van der Waals surface area contributed by atoms with Crippen LogP contribution in [-0.2, 0) is 68.4 Å². The van der Waals surface area contributed by atoms with Crippen molar-refractivity contribution in [1.82, 2.24) is 30.1 Å². The number of ether oxygens (including phenoxy) is 2. The number of nitrogens with two attached hydrogens (primary N) is 2. The second-order valence-electron chi connectivity index (χ2n) is 16.8. The van der Waals surface area contributed by atoms with Gasteiger partial charge in [0.25, 0.3) is 37.7 Å². The number of phosphoric ester groups is 1. The van der Waals surface area contributed by atoms with Crippen molar-refractivity contribution in [2.24, 2.45) is 7.05 Å². The van der Waals surface area contributed by atoms with Crippen molar-refractivity contribution in [3.8, 4) is 22.5 Å². The van der Waals surface area contributed by atoms with Gasteiger partial charge in [-0.05, 0) is 42.3 Å².